The molecule has 1 fully saturated rings. The van der Waals surface area contributed by atoms with Gasteiger partial charge in [-0.1, -0.05) is 6.92 Å². The lowest BCUT2D eigenvalue weighted by Crippen LogP contribution is -2.39. The second-order valence-electron chi connectivity index (χ2n) is 3.83. The monoisotopic (exact) mass is 217 g/mol. The second-order valence-corrected chi connectivity index (χ2v) is 3.83. The summed E-state index contributed by atoms with van der Waals surface area (Å²) in [7, 11) is 0. The van der Waals surface area contributed by atoms with E-state index < -0.39 is 17.8 Å². The Labute approximate surface area is 89.8 Å². The molecule has 0 aromatic rings. The fraction of sp³-hybridized carbons (Fsp3) is 0.900. The average molecular weight is 217 g/mol. The number of aliphatic carboxylic acids is 1. The zero-order valence-electron chi connectivity index (χ0n) is 9.28. The molecule has 1 unspecified atom stereocenters. The molecule has 88 valence electrons. The summed E-state index contributed by atoms with van der Waals surface area (Å²) in [4.78, 5) is 10.7. The highest BCUT2D eigenvalue weighted by Crippen LogP contribution is 2.21. The molecule has 5 nitrogen and oxygen atoms in total. The molecule has 0 aliphatic carbocycles. The van der Waals surface area contributed by atoms with Crippen LogP contribution in [0, 0.1) is 0 Å². The van der Waals surface area contributed by atoms with Crippen molar-refractivity contribution in [3.63, 3.8) is 0 Å². The normalized spacial score (nSPS) is 21.5. The maximum atomic E-state index is 10.7. The predicted octanol–water partition coefficient (Wildman–Crippen LogP) is 0.592. The van der Waals surface area contributed by atoms with Crippen LogP contribution in [0.5, 0.6) is 0 Å². The molecule has 1 atom stereocenters. The van der Waals surface area contributed by atoms with E-state index in [1.54, 1.807) is 0 Å². The third-order valence-corrected chi connectivity index (χ3v) is 2.57. The summed E-state index contributed by atoms with van der Waals surface area (Å²) in [5.74, 6) is -1.35. The van der Waals surface area contributed by atoms with Crippen LogP contribution in [0.25, 0.3) is 0 Å². The Hall–Kier alpha value is -0.650. The van der Waals surface area contributed by atoms with Gasteiger partial charge in [-0.15, -0.1) is 0 Å². The summed E-state index contributed by atoms with van der Waals surface area (Å²) in [6, 6.07) is -0.477. The molecule has 1 rings (SSSR count). The number of nitrogens with one attached hydrogen (secondary N) is 1. The van der Waals surface area contributed by atoms with Crippen LogP contribution in [0.4, 0.5) is 0 Å². The molecular formula is C10H19NO4. The van der Waals surface area contributed by atoms with Crippen molar-refractivity contribution in [1.82, 2.24) is 5.32 Å². The van der Waals surface area contributed by atoms with E-state index in [-0.39, 0.29) is 0 Å². The van der Waals surface area contributed by atoms with Crippen LogP contribution in [-0.4, -0.2) is 42.7 Å². The fourth-order valence-electron chi connectivity index (χ4n) is 1.58. The minimum Gasteiger partial charge on any atom is -0.480 e. The van der Waals surface area contributed by atoms with Crippen LogP contribution in [0.3, 0.4) is 0 Å². The van der Waals surface area contributed by atoms with Gasteiger partial charge in [0.15, 0.2) is 5.79 Å². The molecule has 0 radical (unpaired) electrons. The van der Waals surface area contributed by atoms with Crippen molar-refractivity contribution < 1.29 is 19.4 Å². The number of rotatable bonds is 6. The molecular weight excluding hydrogens is 198 g/mol. The molecule has 0 saturated carbocycles. The molecule has 1 heterocycles. The van der Waals surface area contributed by atoms with Gasteiger partial charge in [-0.25, -0.2) is 0 Å². The molecule has 0 bridgehead atoms. The van der Waals surface area contributed by atoms with Crippen LogP contribution in [0.2, 0.25) is 0 Å². The average Bonchev–Trinajstić information content (AvgIpc) is 2.60. The molecule has 0 spiro atoms. The molecule has 1 aliphatic heterocycles. The Morgan fingerprint density at radius 3 is 2.60 bits per heavy atom. The first-order valence-corrected chi connectivity index (χ1v) is 5.31. The van der Waals surface area contributed by atoms with Crippen molar-refractivity contribution in [2.75, 3.05) is 19.8 Å². The number of hydrogen-bond donors (Lipinski definition) is 2. The quantitative estimate of drug-likeness (QED) is 0.681. The maximum absolute atomic E-state index is 10.7. The lowest BCUT2D eigenvalue weighted by molar-refractivity contribution is -0.148. The number of carboxylic acids is 1. The van der Waals surface area contributed by atoms with Crippen LogP contribution in [-0.2, 0) is 14.3 Å². The van der Waals surface area contributed by atoms with Crippen molar-refractivity contribution in [2.45, 2.75) is 38.5 Å². The van der Waals surface area contributed by atoms with Gasteiger partial charge in [-0.2, -0.15) is 0 Å². The van der Waals surface area contributed by atoms with Crippen molar-refractivity contribution in [2.24, 2.45) is 0 Å². The van der Waals surface area contributed by atoms with Crippen LogP contribution in [0.1, 0.15) is 26.7 Å². The second kappa shape index (κ2) is 5.44. The minimum atomic E-state index is -0.809. The Morgan fingerprint density at radius 2 is 2.13 bits per heavy atom. The van der Waals surface area contributed by atoms with E-state index in [1.165, 1.54) is 0 Å². The Bertz CT molecular complexity index is 213. The highest BCUT2D eigenvalue weighted by molar-refractivity contribution is 5.73. The number of carbonyl (C=O) groups is 1. The largest absolute Gasteiger partial charge is 0.480 e. The molecule has 0 aromatic carbocycles. The van der Waals surface area contributed by atoms with Crippen molar-refractivity contribution in [3.05, 3.63) is 0 Å². The maximum Gasteiger partial charge on any atom is 0.320 e. The number of ether oxygens (including phenoxy) is 2. The molecule has 5 heteroatoms. The molecule has 0 aromatic heterocycles. The minimum absolute atomic E-state index is 0.477. The Morgan fingerprint density at radius 1 is 1.53 bits per heavy atom. The van der Waals surface area contributed by atoms with Gasteiger partial charge in [0.2, 0.25) is 0 Å². The summed E-state index contributed by atoms with van der Waals surface area (Å²) < 4.78 is 10.8. The Balaban J connectivity index is 2.22. The van der Waals surface area contributed by atoms with E-state index in [4.69, 9.17) is 14.6 Å². The van der Waals surface area contributed by atoms with E-state index in [0.29, 0.717) is 32.6 Å². The van der Waals surface area contributed by atoms with Gasteiger partial charge < -0.3 is 19.9 Å². The standard InChI is InChI=1S/C10H19NO4/c1-3-8(9(12)13)11-5-4-10(2)14-6-7-15-10/h8,11H,3-7H2,1-2H3,(H,12,13). The van der Waals surface area contributed by atoms with E-state index in [0.717, 1.165) is 0 Å². The summed E-state index contributed by atoms with van der Waals surface area (Å²) in [5, 5.41) is 11.8. The van der Waals surface area contributed by atoms with Gasteiger partial charge in [0, 0.05) is 13.0 Å². The third-order valence-electron chi connectivity index (χ3n) is 2.57. The summed E-state index contributed by atoms with van der Waals surface area (Å²) in [6.07, 6.45) is 1.24. The van der Waals surface area contributed by atoms with Gasteiger partial charge in [0.25, 0.3) is 0 Å². The number of carboxylic acid groups (broad SMARTS) is 1. The van der Waals surface area contributed by atoms with Crippen molar-refractivity contribution in [1.29, 1.82) is 0 Å². The molecule has 15 heavy (non-hydrogen) atoms. The van der Waals surface area contributed by atoms with E-state index in [9.17, 15) is 4.79 Å². The van der Waals surface area contributed by atoms with Crippen LogP contribution >= 0.6 is 0 Å². The first-order valence-electron chi connectivity index (χ1n) is 5.31. The summed E-state index contributed by atoms with van der Waals surface area (Å²) in [5.41, 5.74) is 0. The summed E-state index contributed by atoms with van der Waals surface area (Å²) >= 11 is 0. The van der Waals surface area contributed by atoms with Gasteiger partial charge >= 0.3 is 5.97 Å². The highest BCUT2D eigenvalue weighted by atomic mass is 16.7. The lowest BCUT2D eigenvalue weighted by Gasteiger charge is -2.23. The molecule has 2 N–H and O–H groups in total. The smallest absolute Gasteiger partial charge is 0.320 e. The first-order chi connectivity index (χ1) is 7.07. The zero-order chi connectivity index (χ0) is 11.3. The zero-order valence-corrected chi connectivity index (χ0v) is 9.28. The Kier molecular flexibility index (Phi) is 4.50. The first kappa shape index (κ1) is 12.4. The molecule has 1 saturated heterocycles. The van der Waals surface area contributed by atoms with E-state index in [1.807, 2.05) is 13.8 Å². The molecule has 1 aliphatic rings. The topological polar surface area (TPSA) is 67.8 Å². The van der Waals surface area contributed by atoms with Crippen LogP contribution < -0.4 is 5.32 Å². The van der Waals surface area contributed by atoms with Gasteiger partial charge in [-0.05, 0) is 13.3 Å². The highest BCUT2D eigenvalue weighted by Gasteiger charge is 2.30. The summed E-state index contributed by atoms with van der Waals surface area (Å²) in [6.45, 7) is 5.54. The lowest BCUT2D eigenvalue weighted by atomic mass is 10.2. The third kappa shape index (κ3) is 3.77. The fourth-order valence-corrected chi connectivity index (χ4v) is 1.58. The van der Waals surface area contributed by atoms with E-state index >= 15 is 0 Å². The molecule has 0 amide bonds. The van der Waals surface area contributed by atoms with Crippen molar-refractivity contribution in [3.8, 4) is 0 Å². The number of hydrogen-bond acceptors (Lipinski definition) is 4. The van der Waals surface area contributed by atoms with Crippen LogP contribution in [0.15, 0.2) is 0 Å². The van der Waals surface area contributed by atoms with Gasteiger partial charge in [0.1, 0.15) is 6.04 Å². The SMILES string of the molecule is CCC(NCCC1(C)OCCO1)C(=O)O. The predicted molar refractivity (Wildman–Crippen MR) is 54.6 cm³/mol. The van der Waals surface area contributed by atoms with Gasteiger partial charge in [0.05, 0.1) is 13.2 Å². The van der Waals surface area contributed by atoms with Crippen molar-refractivity contribution >= 4 is 5.97 Å². The van der Waals surface area contributed by atoms with Gasteiger partial charge in [-0.3, -0.25) is 4.79 Å². The van der Waals surface area contributed by atoms with E-state index in [2.05, 4.69) is 5.32 Å².